The summed E-state index contributed by atoms with van der Waals surface area (Å²) in [7, 11) is 0. The summed E-state index contributed by atoms with van der Waals surface area (Å²) in [5.74, 6) is 0. The SMILES string of the molecule is C=C/C(N)=C\C(N)=C(/C)C=N. The molecule has 0 unspecified atom stereocenters. The molecule has 0 aliphatic carbocycles. The fraction of sp³-hybridized carbons (Fsp3) is 0.125. The van der Waals surface area contributed by atoms with Gasteiger partial charge in [-0.05, 0) is 24.6 Å². The van der Waals surface area contributed by atoms with Crippen molar-refractivity contribution in [2.75, 3.05) is 0 Å². The van der Waals surface area contributed by atoms with Crippen LogP contribution in [0.25, 0.3) is 0 Å². The maximum absolute atomic E-state index is 6.88. The molecule has 0 radical (unpaired) electrons. The molecule has 3 nitrogen and oxygen atoms in total. The molecule has 60 valence electrons. The highest BCUT2D eigenvalue weighted by Crippen LogP contribution is 1.98. The van der Waals surface area contributed by atoms with E-state index in [1.165, 1.54) is 12.3 Å². The lowest BCUT2D eigenvalue weighted by atomic mass is 10.2. The van der Waals surface area contributed by atoms with Crippen LogP contribution in [0.5, 0.6) is 0 Å². The normalized spacial score (nSPS) is 13.7. The van der Waals surface area contributed by atoms with Crippen molar-refractivity contribution in [2.45, 2.75) is 6.92 Å². The number of allylic oxidation sites excluding steroid dienone is 3. The summed E-state index contributed by atoms with van der Waals surface area (Å²) in [5.41, 5.74) is 12.6. The van der Waals surface area contributed by atoms with Crippen LogP contribution in [0.1, 0.15) is 6.92 Å². The molecule has 3 heteroatoms. The Morgan fingerprint density at radius 3 is 2.36 bits per heavy atom. The molecular formula is C8H13N3. The topological polar surface area (TPSA) is 75.9 Å². The average Bonchev–Trinajstić information content (AvgIpc) is 2.02. The van der Waals surface area contributed by atoms with Crippen molar-refractivity contribution in [3.8, 4) is 0 Å². The molecule has 0 heterocycles. The van der Waals surface area contributed by atoms with E-state index in [2.05, 4.69) is 6.58 Å². The van der Waals surface area contributed by atoms with Crippen LogP contribution in [0.15, 0.2) is 35.7 Å². The van der Waals surface area contributed by atoms with Gasteiger partial charge in [-0.2, -0.15) is 0 Å². The van der Waals surface area contributed by atoms with Gasteiger partial charge in [0, 0.05) is 17.6 Å². The molecule has 0 saturated heterocycles. The second kappa shape index (κ2) is 4.33. The van der Waals surface area contributed by atoms with Gasteiger partial charge in [0.15, 0.2) is 0 Å². The molecule has 0 aromatic carbocycles. The Balaban J connectivity index is 4.62. The number of rotatable bonds is 3. The molecule has 0 aromatic heterocycles. The first-order valence-corrected chi connectivity index (χ1v) is 3.18. The zero-order chi connectivity index (χ0) is 8.85. The first-order chi connectivity index (χ1) is 5.11. The second-order valence-electron chi connectivity index (χ2n) is 2.13. The number of hydrogen-bond acceptors (Lipinski definition) is 3. The summed E-state index contributed by atoms with van der Waals surface area (Å²) < 4.78 is 0. The Hall–Kier alpha value is -1.51. The lowest BCUT2D eigenvalue weighted by Gasteiger charge is -1.97. The van der Waals surface area contributed by atoms with Crippen molar-refractivity contribution < 1.29 is 0 Å². The minimum atomic E-state index is 0.498. The van der Waals surface area contributed by atoms with Crippen LogP contribution < -0.4 is 11.5 Å². The van der Waals surface area contributed by atoms with Crippen LogP contribution in [0.3, 0.4) is 0 Å². The van der Waals surface area contributed by atoms with Gasteiger partial charge in [0.1, 0.15) is 0 Å². The molecule has 0 amide bonds. The van der Waals surface area contributed by atoms with Crippen molar-refractivity contribution in [1.29, 1.82) is 5.41 Å². The molecule has 0 rings (SSSR count). The lowest BCUT2D eigenvalue weighted by molar-refractivity contribution is 1.30. The molecule has 0 saturated carbocycles. The van der Waals surface area contributed by atoms with Crippen molar-refractivity contribution in [3.63, 3.8) is 0 Å². The van der Waals surface area contributed by atoms with Gasteiger partial charge in [0.05, 0.1) is 0 Å². The summed E-state index contributed by atoms with van der Waals surface area (Å²) in [6.45, 7) is 5.22. The number of nitrogens with one attached hydrogen (secondary N) is 1. The Morgan fingerprint density at radius 2 is 2.00 bits per heavy atom. The van der Waals surface area contributed by atoms with Crippen LogP contribution in [0.4, 0.5) is 0 Å². The Kier molecular flexibility index (Phi) is 3.73. The van der Waals surface area contributed by atoms with Crippen LogP contribution in [0.2, 0.25) is 0 Å². The number of nitrogens with two attached hydrogens (primary N) is 2. The van der Waals surface area contributed by atoms with E-state index in [0.717, 1.165) is 0 Å². The largest absolute Gasteiger partial charge is 0.399 e. The van der Waals surface area contributed by atoms with E-state index in [0.29, 0.717) is 17.0 Å². The maximum Gasteiger partial charge on any atom is 0.0379 e. The van der Waals surface area contributed by atoms with Crippen molar-refractivity contribution in [3.05, 3.63) is 35.7 Å². The van der Waals surface area contributed by atoms with Crippen LogP contribution in [-0.2, 0) is 0 Å². The predicted molar refractivity (Wildman–Crippen MR) is 48.1 cm³/mol. The Morgan fingerprint density at radius 1 is 1.45 bits per heavy atom. The van der Waals surface area contributed by atoms with E-state index in [1.807, 2.05) is 0 Å². The van der Waals surface area contributed by atoms with Gasteiger partial charge in [-0.25, -0.2) is 0 Å². The van der Waals surface area contributed by atoms with E-state index in [-0.39, 0.29) is 0 Å². The van der Waals surface area contributed by atoms with Gasteiger partial charge >= 0.3 is 0 Å². The molecule has 0 fully saturated rings. The smallest absolute Gasteiger partial charge is 0.0379 e. The van der Waals surface area contributed by atoms with Crippen LogP contribution in [0, 0.1) is 5.41 Å². The minimum absolute atomic E-state index is 0.498. The fourth-order valence-corrected chi connectivity index (χ4v) is 0.436. The van der Waals surface area contributed by atoms with E-state index in [1.54, 1.807) is 13.0 Å². The van der Waals surface area contributed by atoms with Gasteiger partial charge in [-0.3, -0.25) is 0 Å². The minimum Gasteiger partial charge on any atom is -0.399 e. The zero-order valence-electron chi connectivity index (χ0n) is 6.59. The summed E-state index contributed by atoms with van der Waals surface area (Å²) >= 11 is 0. The molecule has 0 bridgehead atoms. The van der Waals surface area contributed by atoms with Crippen molar-refractivity contribution in [1.82, 2.24) is 0 Å². The fourth-order valence-electron chi connectivity index (χ4n) is 0.436. The Labute approximate surface area is 66.6 Å². The molecule has 0 spiro atoms. The predicted octanol–water partition coefficient (Wildman–Crippen LogP) is 0.897. The molecule has 11 heavy (non-hydrogen) atoms. The Bertz CT molecular complexity index is 223. The molecule has 0 atom stereocenters. The first kappa shape index (κ1) is 9.49. The summed E-state index contributed by atoms with van der Waals surface area (Å²) in [6.07, 6.45) is 4.26. The van der Waals surface area contributed by atoms with E-state index >= 15 is 0 Å². The summed E-state index contributed by atoms with van der Waals surface area (Å²) in [6, 6.07) is 0. The van der Waals surface area contributed by atoms with Gasteiger partial charge < -0.3 is 16.9 Å². The average molecular weight is 151 g/mol. The third kappa shape index (κ3) is 3.25. The quantitative estimate of drug-likeness (QED) is 0.414. The third-order valence-electron chi connectivity index (χ3n) is 1.23. The lowest BCUT2D eigenvalue weighted by Crippen LogP contribution is -2.02. The molecule has 5 N–H and O–H groups in total. The van der Waals surface area contributed by atoms with E-state index in [4.69, 9.17) is 16.9 Å². The summed E-state index contributed by atoms with van der Waals surface area (Å²) in [4.78, 5) is 0. The second-order valence-corrected chi connectivity index (χ2v) is 2.13. The molecule has 0 aromatic rings. The monoisotopic (exact) mass is 151 g/mol. The van der Waals surface area contributed by atoms with Crippen LogP contribution >= 0.6 is 0 Å². The molecule has 0 aliphatic heterocycles. The van der Waals surface area contributed by atoms with Gasteiger partial charge in [0.2, 0.25) is 0 Å². The number of hydrogen-bond donors (Lipinski definition) is 3. The van der Waals surface area contributed by atoms with Gasteiger partial charge in [-0.15, -0.1) is 0 Å². The molecule has 0 aliphatic rings. The van der Waals surface area contributed by atoms with Crippen molar-refractivity contribution >= 4 is 6.21 Å². The maximum atomic E-state index is 6.88. The highest BCUT2D eigenvalue weighted by atomic mass is 14.6. The highest BCUT2D eigenvalue weighted by Gasteiger charge is 1.90. The first-order valence-electron chi connectivity index (χ1n) is 3.18. The molecular weight excluding hydrogens is 138 g/mol. The van der Waals surface area contributed by atoms with Gasteiger partial charge in [-0.1, -0.05) is 6.58 Å². The van der Waals surface area contributed by atoms with Crippen LogP contribution in [-0.4, -0.2) is 6.21 Å². The zero-order valence-corrected chi connectivity index (χ0v) is 6.59. The van der Waals surface area contributed by atoms with E-state index < -0.39 is 0 Å². The third-order valence-corrected chi connectivity index (χ3v) is 1.23. The van der Waals surface area contributed by atoms with Gasteiger partial charge in [0.25, 0.3) is 0 Å². The van der Waals surface area contributed by atoms with Crippen molar-refractivity contribution in [2.24, 2.45) is 11.5 Å². The van der Waals surface area contributed by atoms with E-state index in [9.17, 15) is 0 Å². The standard InChI is InChI=1S/C8H13N3/c1-3-7(10)4-8(11)6(2)5-9/h3-5,9H,1,10-11H2,2H3/b7-4+,8-6-,9-5?. The highest BCUT2D eigenvalue weighted by molar-refractivity contribution is 5.76. The summed E-state index contributed by atoms with van der Waals surface area (Å²) in [5, 5.41) is 6.88.